The maximum Gasteiger partial charge on any atom is 0.175 e. The average Bonchev–Trinajstić information content (AvgIpc) is 2.54. The molecule has 0 unspecified atom stereocenters. The van der Waals surface area contributed by atoms with Crippen molar-refractivity contribution in [3.63, 3.8) is 0 Å². The molecule has 0 saturated carbocycles. The molecule has 0 aromatic heterocycles. The van der Waals surface area contributed by atoms with Gasteiger partial charge in [0, 0.05) is 12.2 Å². The number of anilines is 1. The molecule has 0 aliphatic carbocycles. The number of methoxy groups -OCH3 is 1. The number of hydrogen-bond donors (Lipinski definition) is 1. The highest BCUT2D eigenvalue weighted by Gasteiger charge is 2.11. The topological polar surface area (TPSA) is 30.5 Å². The fraction of sp³-hybridized carbons (Fsp3) is 0.263. The van der Waals surface area contributed by atoms with Crippen molar-refractivity contribution in [3.05, 3.63) is 50.6 Å². The average molecular weight is 421 g/mol. The van der Waals surface area contributed by atoms with Gasteiger partial charge in [-0.05, 0) is 77.4 Å². The van der Waals surface area contributed by atoms with Crippen molar-refractivity contribution >= 4 is 28.3 Å². The second-order valence-corrected chi connectivity index (χ2v) is 6.42. The highest BCUT2D eigenvalue weighted by molar-refractivity contribution is 14.1. The maximum absolute atomic E-state index is 5.57. The quantitative estimate of drug-likeness (QED) is 0.549. The summed E-state index contributed by atoms with van der Waals surface area (Å²) in [4.78, 5) is 0. The van der Waals surface area contributed by atoms with Crippen molar-refractivity contribution in [2.75, 3.05) is 19.0 Å². The van der Waals surface area contributed by atoms with Gasteiger partial charge in [-0.1, -0.05) is 12.0 Å². The first-order valence-corrected chi connectivity index (χ1v) is 8.36. The number of hydrogen-bond acceptors (Lipinski definition) is 3. The van der Waals surface area contributed by atoms with Crippen LogP contribution in [0.3, 0.4) is 0 Å². The summed E-state index contributed by atoms with van der Waals surface area (Å²) in [5, 5.41) is 3.44. The van der Waals surface area contributed by atoms with Crippen LogP contribution < -0.4 is 14.8 Å². The van der Waals surface area contributed by atoms with Gasteiger partial charge in [0.2, 0.25) is 0 Å². The number of benzene rings is 2. The molecule has 0 fully saturated rings. The number of aryl methyl sites for hydroxylation is 2. The monoisotopic (exact) mass is 421 g/mol. The summed E-state index contributed by atoms with van der Waals surface area (Å²) in [7, 11) is 1.63. The minimum atomic E-state index is 0.229. The standard InChI is InChI=1S/C19H20INO2/c1-5-8-23-19-17(20)10-15(11-18(19)22-4)12-21-16-7-6-13(2)14(3)9-16/h1,6-7,9-11,21H,8,12H2,2-4H3. The fourth-order valence-electron chi connectivity index (χ4n) is 2.18. The summed E-state index contributed by atoms with van der Waals surface area (Å²) in [5.74, 6) is 3.87. The van der Waals surface area contributed by atoms with E-state index in [1.54, 1.807) is 7.11 Å². The van der Waals surface area contributed by atoms with Crippen LogP contribution in [-0.2, 0) is 6.54 Å². The van der Waals surface area contributed by atoms with Gasteiger partial charge in [-0.2, -0.15) is 0 Å². The summed E-state index contributed by atoms with van der Waals surface area (Å²) in [6.45, 7) is 5.17. The molecule has 2 aromatic rings. The Bertz CT molecular complexity index is 735. The number of nitrogens with one attached hydrogen (secondary N) is 1. The lowest BCUT2D eigenvalue weighted by atomic mass is 10.1. The van der Waals surface area contributed by atoms with Crippen molar-refractivity contribution < 1.29 is 9.47 Å². The van der Waals surface area contributed by atoms with Gasteiger partial charge in [-0.25, -0.2) is 0 Å². The highest BCUT2D eigenvalue weighted by atomic mass is 127. The Morgan fingerprint density at radius 2 is 1.96 bits per heavy atom. The Balaban J connectivity index is 2.15. The molecule has 4 heteroatoms. The Morgan fingerprint density at radius 3 is 2.61 bits per heavy atom. The highest BCUT2D eigenvalue weighted by Crippen LogP contribution is 2.34. The molecule has 0 radical (unpaired) electrons. The van der Waals surface area contributed by atoms with Gasteiger partial charge >= 0.3 is 0 Å². The van der Waals surface area contributed by atoms with E-state index in [1.165, 1.54) is 11.1 Å². The van der Waals surface area contributed by atoms with Gasteiger partial charge in [0.15, 0.2) is 11.5 Å². The molecule has 0 aliphatic rings. The van der Waals surface area contributed by atoms with Gasteiger partial charge in [0.1, 0.15) is 6.61 Å². The molecule has 0 amide bonds. The van der Waals surface area contributed by atoms with Crippen LogP contribution in [0.2, 0.25) is 0 Å². The predicted molar refractivity (Wildman–Crippen MR) is 103 cm³/mol. The van der Waals surface area contributed by atoms with E-state index in [9.17, 15) is 0 Å². The zero-order valence-electron chi connectivity index (χ0n) is 13.6. The molecule has 0 spiro atoms. The van der Waals surface area contributed by atoms with Crippen molar-refractivity contribution in [1.29, 1.82) is 0 Å². The Hall–Kier alpha value is -1.87. The molecule has 0 aliphatic heterocycles. The zero-order chi connectivity index (χ0) is 16.8. The normalized spacial score (nSPS) is 10.0. The van der Waals surface area contributed by atoms with Gasteiger partial charge in [0.25, 0.3) is 0 Å². The minimum absolute atomic E-state index is 0.229. The molecule has 23 heavy (non-hydrogen) atoms. The van der Waals surface area contributed by atoms with Crippen LogP contribution in [0.1, 0.15) is 16.7 Å². The van der Waals surface area contributed by atoms with Crippen molar-refractivity contribution in [3.8, 4) is 23.8 Å². The Labute approximate surface area is 151 Å². The lowest BCUT2D eigenvalue weighted by Crippen LogP contribution is -2.04. The van der Waals surface area contributed by atoms with E-state index in [0.29, 0.717) is 18.0 Å². The number of halogens is 1. The van der Waals surface area contributed by atoms with E-state index in [-0.39, 0.29) is 6.61 Å². The van der Waals surface area contributed by atoms with E-state index >= 15 is 0 Å². The summed E-state index contributed by atoms with van der Waals surface area (Å²) in [6.07, 6.45) is 5.25. The third-order valence-corrected chi connectivity index (χ3v) is 4.39. The molecular weight excluding hydrogens is 401 g/mol. The van der Waals surface area contributed by atoms with Crippen LogP contribution in [0, 0.1) is 29.8 Å². The van der Waals surface area contributed by atoms with E-state index in [1.807, 2.05) is 6.07 Å². The first-order chi connectivity index (χ1) is 11.0. The fourth-order valence-corrected chi connectivity index (χ4v) is 3.01. The van der Waals surface area contributed by atoms with Crippen LogP contribution >= 0.6 is 22.6 Å². The first kappa shape index (κ1) is 17.5. The summed E-state index contributed by atoms with van der Waals surface area (Å²) >= 11 is 2.24. The summed E-state index contributed by atoms with van der Waals surface area (Å²) in [6, 6.07) is 10.4. The van der Waals surface area contributed by atoms with Crippen molar-refractivity contribution in [2.24, 2.45) is 0 Å². The van der Waals surface area contributed by atoms with Crippen LogP contribution in [0.25, 0.3) is 0 Å². The van der Waals surface area contributed by atoms with Crippen LogP contribution in [0.4, 0.5) is 5.69 Å². The van der Waals surface area contributed by atoms with E-state index in [4.69, 9.17) is 15.9 Å². The number of terminal acetylenes is 1. The lowest BCUT2D eigenvalue weighted by molar-refractivity contribution is 0.328. The number of rotatable bonds is 6. The summed E-state index contributed by atoms with van der Waals surface area (Å²) in [5.41, 5.74) is 4.80. The van der Waals surface area contributed by atoms with Gasteiger partial charge < -0.3 is 14.8 Å². The smallest absolute Gasteiger partial charge is 0.175 e. The Kier molecular flexibility index (Phi) is 6.17. The Morgan fingerprint density at radius 1 is 1.17 bits per heavy atom. The molecular formula is C19H20INO2. The lowest BCUT2D eigenvalue weighted by Gasteiger charge is -2.14. The number of ether oxygens (including phenoxy) is 2. The molecule has 0 atom stereocenters. The molecule has 2 rings (SSSR count). The van der Waals surface area contributed by atoms with Crippen LogP contribution in [0.15, 0.2) is 30.3 Å². The van der Waals surface area contributed by atoms with E-state index in [0.717, 1.165) is 14.8 Å². The van der Waals surface area contributed by atoms with Gasteiger partial charge in [-0.3, -0.25) is 0 Å². The molecule has 3 nitrogen and oxygen atoms in total. The predicted octanol–water partition coefficient (Wildman–Crippen LogP) is 4.54. The van der Waals surface area contributed by atoms with E-state index < -0.39 is 0 Å². The zero-order valence-corrected chi connectivity index (χ0v) is 15.7. The first-order valence-electron chi connectivity index (χ1n) is 7.29. The molecule has 120 valence electrons. The maximum atomic E-state index is 5.57. The van der Waals surface area contributed by atoms with Crippen LogP contribution in [-0.4, -0.2) is 13.7 Å². The SMILES string of the molecule is C#CCOc1c(I)cc(CNc2ccc(C)c(C)c2)cc1OC. The largest absolute Gasteiger partial charge is 0.493 e. The third-order valence-electron chi connectivity index (χ3n) is 3.59. The second kappa shape index (κ2) is 8.11. The molecule has 0 bridgehead atoms. The molecule has 0 saturated heterocycles. The molecule has 0 heterocycles. The van der Waals surface area contributed by atoms with Gasteiger partial charge in [0.05, 0.1) is 10.7 Å². The minimum Gasteiger partial charge on any atom is -0.493 e. The second-order valence-electron chi connectivity index (χ2n) is 5.25. The summed E-state index contributed by atoms with van der Waals surface area (Å²) < 4.78 is 12.0. The third kappa shape index (κ3) is 4.55. The van der Waals surface area contributed by atoms with E-state index in [2.05, 4.69) is 71.9 Å². The van der Waals surface area contributed by atoms with Crippen molar-refractivity contribution in [1.82, 2.24) is 0 Å². The molecule has 1 N–H and O–H groups in total. The van der Waals surface area contributed by atoms with Crippen molar-refractivity contribution in [2.45, 2.75) is 20.4 Å². The van der Waals surface area contributed by atoms with Crippen LogP contribution in [0.5, 0.6) is 11.5 Å². The van der Waals surface area contributed by atoms with Gasteiger partial charge in [-0.15, -0.1) is 6.42 Å². The molecule has 2 aromatic carbocycles.